The van der Waals surface area contributed by atoms with Crippen LogP contribution in [0.2, 0.25) is 0 Å². The van der Waals surface area contributed by atoms with Gasteiger partial charge in [-0.3, -0.25) is 28.6 Å². The molecule has 3 amide bonds. The second-order valence-electron chi connectivity index (χ2n) is 7.98. The molecule has 3 aromatic rings. The van der Waals surface area contributed by atoms with Gasteiger partial charge in [0, 0.05) is 25.7 Å². The zero-order chi connectivity index (χ0) is 26.6. The predicted octanol–water partition coefficient (Wildman–Crippen LogP) is 2.40. The van der Waals surface area contributed by atoms with Gasteiger partial charge in [-0.05, 0) is 43.7 Å². The SMILES string of the molecule is CNC(=O)c1c(N(C=O)c2cccc(OCC(N)=O)c2)c(C)c(=O)n(C)c1Nc1ccc(C)cc1F. The number of hydrogen-bond donors (Lipinski definition) is 3. The number of hydrogen-bond acceptors (Lipinski definition) is 6. The highest BCUT2D eigenvalue weighted by atomic mass is 19.1. The van der Waals surface area contributed by atoms with Crippen molar-refractivity contribution in [3.63, 3.8) is 0 Å². The summed E-state index contributed by atoms with van der Waals surface area (Å²) in [5, 5.41) is 5.36. The van der Waals surface area contributed by atoms with E-state index >= 15 is 0 Å². The summed E-state index contributed by atoms with van der Waals surface area (Å²) in [5.74, 6) is -1.67. The molecule has 10 nitrogen and oxygen atoms in total. The standard InChI is InChI=1S/C25H26FN5O5/c1-14-8-9-19(18(26)10-14)29-23-21(24(34)28-3)22(15(2)25(35)30(23)4)31(13-32)16-6-5-7-17(11-16)36-12-20(27)33/h5-11,13,29H,12H2,1-4H3,(H2,27,33)(H,28,34). The van der Waals surface area contributed by atoms with Crippen LogP contribution < -0.4 is 31.6 Å². The maximum absolute atomic E-state index is 14.7. The third-order valence-electron chi connectivity index (χ3n) is 5.44. The number of rotatable bonds is 9. The molecule has 0 saturated carbocycles. The molecule has 0 aliphatic heterocycles. The van der Waals surface area contributed by atoms with E-state index in [0.29, 0.717) is 12.0 Å². The second kappa shape index (κ2) is 10.7. The van der Waals surface area contributed by atoms with Gasteiger partial charge in [-0.15, -0.1) is 0 Å². The number of anilines is 4. The van der Waals surface area contributed by atoms with E-state index in [4.69, 9.17) is 10.5 Å². The second-order valence-corrected chi connectivity index (χ2v) is 7.98. The number of aryl methyl sites for hydroxylation is 1. The topological polar surface area (TPSA) is 136 Å². The first-order valence-electron chi connectivity index (χ1n) is 10.8. The lowest BCUT2D eigenvalue weighted by molar-refractivity contribution is -0.120. The van der Waals surface area contributed by atoms with Gasteiger partial charge in [-0.25, -0.2) is 4.39 Å². The van der Waals surface area contributed by atoms with Gasteiger partial charge in [0.05, 0.1) is 17.1 Å². The summed E-state index contributed by atoms with van der Waals surface area (Å²) in [4.78, 5) is 50.8. The molecule has 188 valence electrons. The minimum atomic E-state index is -0.684. The number of nitrogens with one attached hydrogen (secondary N) is 2. The fraction of sp³-hybridized carbons (Fsp3) is 0.200. The molecule has 11 heteroatoms. The summed E-state index contributed by atoms with van der Waals surface area (Å²) in [6, 6.07) is 10.6. The zero-order valence-electron chi connectivity index (χ0n) is 20.2. The number of carbonyl (C=O) groups is 3. The Hall–Kier alpha value is -4.67. The van der Waals surface area contributed by atoms with Gasteiger partial charge >= 0.3 is 0 Å². The average molecular weight is 496 g/mol. The summed E-state index contributed by atoms with van der Waals surface area (Å²) in [6.07, 6.45) is 0.442. The quantitative estimate of drug-likeness (QED) is 0.390. The van der Waals surface area contributed by atoms with E-state index in [1.54, 1.807) is 31.2 Å². The van der Waals surface area contributed by atoms with E-state index in [1.807, 2.05) is 0 Å². The van der Waals surface area contributed by atoms with Crippen LogP contribution in [0, 0.1) is 19.7 Å². The number of benzene rings is 2. The highest BCUT2D eigenvalue weighted by Gasteiger charge is 2.28. The van der Waals surface area contributed by atoms with Crippen molar-refractivity contribution in [3.8, 4) is 5.75 Å². The highest BCUT2D eigenvalue weighted by Crippen LogP contribution is 2.36. The number of ether oxygens (including phenoxy) is 1. The number of nitrogens with zero attached hydrogens (tertiary/aromatic N) is 2. The molecule has 0 aliphatic rings. The lowest BCUT2D eigenvalue weighted by Gasteiger charge is -2.26. The number of halogens is 1. The van der Waals surface area contributed by atoms with Crippen LogP contribution in [0.15, 0.2) is 47.3 Å². The molecular formula is C25H26FN5O5. The molecule has 0 bridgehead atoms. The van der Waals surface area contributed by atoms with Gasteiger partial charge in [-0.1, -0.05) is 12.1 Å². The number of amides is 3. The van der Waals surface area contributed by atoms with Crippen LogP contribution in [0.5, 0.6) is 5.75 Å². The largest absolute Gasteiger partial charge is 0.484 e. The first-order chi connectivity index (χ1) is 17.1. The molecule has 1 heterocycles. The molecule has 3 rings (SSSR count). The van der Waals surface area contributed by atoms with Crippen LogP contribution >= 0.6 is 0 Å². The van der Waals surface area contributed by atoms with Crippen LogP contribution in [-0.2, 0) is 16.6 Å². The van der Waals surface area contributed by atoms with Crippen molar-refractivity contribution in [1.29, 1.82) is 0 Å². The molecule has 1 aromatic heterocycles. The molecule has 2 aromatic carbocycles. The molecule has 0 fully saturated rings. The normalized spacial score (nSPS) is 10.5. The van der Waals surface area contributed by atoms with Crippen LogP contribution in [0.25, 0.3) is 0 Å². The maximum atomic E-state index is 14.7. The smallest absolute Gasteiger partial charge is 0.256 e. The summed E-state index contributed by atoms with van der Waals surface area (Å²) in [6.45, 7) is 2.82. The highest BCUT2D eigenvalue weighted by molar-refractivity contribution is 6.08. The Balaban J connectivity index is 2.26. The van der Waals surface area contributed by atoms with E-state index < -0.39 is 23.2 Å². The number of carbonyl (C=O) groups excluding carboxylic acids is 3. The lowest BCUT2D eigenvalue weighted by atomic mass is 10.1. The summed E-state index contributed by atoms with van der Waals surface area (Å²) < 4.78 is 21.2. The first-order valence-corrected chi connectivity index (χ1v) is 10.8. The molecule has 0 saturated heterocycles. The van der Waals surface area contributed by atoms with Crippen LogP contribution in [0.3, 0.4) is 0 Å². The first kappa shape index (κ1) is 25.9. The minimum Gasteiger partial charge on any atom is -0.484 e. The van der Waals surface area contributed by atoms with Crippen LogP contribution in [0.1, 0.15) is 21.5 Å². The number of primary amides is 1. The van der Waals surface area contributed by atoms with Crippen LogP contribution in [0.4, 0.5) is 27.3 Å². The average Bonchev–Trinajstić information content (AvgIpc) is 2.85. The monoisotopic (exact) mass is 495 g/mol. The maximum Gasteiger partial charge on any atom is 0.256 e. The summed E-state index contributed by atoms with van der Waals surface area (Å²) in [5.41, 5.74) is 5.62. The molecule has 0 unspecified atom stereocenters. The Kier molecular flexibility index (Phi) is 7.73. The van der Waals surface area contributed by atoms with Crippen LogP contribution in [-0.4, -0.2) is 36.4 Å². The van der Waals surface area contributed by atoms with E-state index in [9.17, 15) is 23.6 Å². The third kappa shape index (κ3) is 5.19. The molecule has 0 aliphatic carbocycles. The van der Waals surface area contributed by atoms with E-state index in [0.717, 1.165) is 4.90 Å². The molecule has 0 atom stereocenters. The van der Waals surface area contributed by atoms with Crippen molar-refractivity contribution in [1.82, 2.24) is 9.88 Å². The van der Waals surface area contributed by atoms with Crippen molar-refractivity contribution in [2.75, 3.05) is 23.9 Å². The lowest BCUT2D eigenvalue weighted by Crippen LogP contribution is -2.33. The van der Waals surface area contributed by atoms with E-state index in [-0.39, 0.29) is 46.4 Å². The van der Waals surface area contributed by atoms with E-state index in [1.165, 1.54) is 43.8 Å². The molecule has 4 N–H and O–H groups in total. The van der Waals surface area contributed by atoms with Gasteiger partial charge < -0.3 is 21.1 Å². The fourth-order valence-corrected chi connectivity index (χ4v) is 3.68. The Morgan fingerprint density at radius 2 is 1.92 bits per heavy atom. The van der Waals surface area contributed by atoms with Gasteiger partial charge in [-0.2, -0.15) is 0 Å². The fourth-order valence-electron chi connectivity index (χ4n) is 3.68. The Labute approximate surface area is 206 Å². The predicted molar refractivity (Wildman–Crippen MR) is 134 cm³/mol. The summed E-state index contributed by atoms with van der Waals surface area (Å²) in [7, 11) is 2.83. The zero-order valence-corrected chi connectivity index (χ0v) is 20.2. The number of pyridine rings is 1. The van der Waals surface area contributed by atoms with Crippen molar-refractivity contribution >= 4 is 41.1 Å². The van der Waals surface area contributed by atoms with Crippen molar-refractivity contribution < 1.29 is 23.5 Å². The van der Waals surface area contributed by atoms with Crippen molar-refractivity contribution in [3.05, 3.63) is 75.3 Å². The molecule has 0 radical (unpaired) electrons. The van der Waals surface area contributed by atoms with Gasteiger partial charge in [0.25, 0.3) is 17.4 Å². The van der Waals surface area contributed by atoms with Gasteiger partial charge in [0.15, 0.2) is 6.61 Å². The Bertz CT molecular complexity index is 1400. The van der Waals surface area contributed by atoms with Gasteiger partial charge in [0.2, 0.25) is 6.41 Å². The van der Waals surface area contributed by atoms with Gasteiger partial charge in [0.1, 0.15) is 22.9 Å². The Morgan fingerprint density at radius 3 is 2.53 bits per heavy atom. The molecule has 0 spiro atoms. The minimum absolute atomic E-state index is 0.00507. The number of aromatic nitrogens is 1. The van der Waals surface area contributed by atoms with E-state index in [2.05, 4.69) is 10.6 Å². The Morgan fingerprint density at radius 1 is 1.19 bits per heavy atom. The number of nitrogens with two attached hydrogens (primary N) is 1. The summed E-state index contributed by atoms with van der Waals surface area (Å²) >= 11 is 0. The molecular weight excluding hydrogens is 469 g/mol. The third-order valence-corrected chi connectivity index (χ3v) is 5.44. The molecule has 36 heavy (non-hydrogen) atoms. The van der Waals surface area contributed by atoms with Crippen molar-refractivity contribution in [2.45, 2.75) is 13.8 Å². The van der Waals surface area contributed by atoms with Crippen molar-refractivity contribution in [2.24, 2.45) is 12.8 Å².